The molecule has 1 aromatic carbocycles. The fourth-order valence-corrected chi connectivity index (χ4v) is 5.51. The van der Waals surface area contributed by atoms with Crippen molar-refractivity contribution in [1.29, 1.82) is 0 Å². The number of halogens is 3. The minimum Gasteiger partial charge on any atom is -0.370 e. The minimum atomic E-state index is -0.764. The first-order valence-corrected chi connectivity index (χ1v) is 11.5. The van der Waals surface area contributed by atoms with Gasteiger partial charge in [0.2, 0.25) is 0 Å². The van der Waals surface area contributed by atoms with E-state index >= 15 is 0 Å². The summed E-state index contributed by atoms with van der Waals surface area (Å²) in [5.74, 6) is -0.764. The van der Waals surface area contributed by atoms with Crippen LogP contribution in [0.4, 0.5) is 0 Å². The second kappa shape index (κ2) is 7.53. The van der Waals surface area contributed by atoms with Crippen molar-refractivity contribution < 1.29 is 18.9 Å². The lowest BCUT2D eigenvalue weighted by molar-refractivity contribution is -0.212. The van der Waals surface area contributed by atoms with Gasteiger partial charge in [0.05, 0.1) is 22.0 Å². The lowest BCUT2D eigenvalue weighted by Crippen LogP contribution is -2.37. The molecule has 3 aliphatic heterocycles. The number of benzene rings is 1. The first-order valence-electron chi connectivity index (χ1n) is 10.4. The smallest absolute Gasteiger partial charge is 0.164 e. The molecule has 0 N–H and O–H groups in total. The monoisotopic (exact) mass is 495 g/mol. The van der Waals surface area contributed by atoms with E-state index < -0.39 is 18.1 Å². The molecule has 0 unspecified atom stereocenters. The molecule has 0 radical (unpaired) electrons. The molecular formula is C22H20Cl3N3O4. The van der Waals surface area contributed by atoms with Crippen LogP contribution in [0.15, 0.2) is 30.7 Å². The van der Waals surface area contributed by atoms with Crippen molar-refractivity contribution >= 4 is 45.8 Å². The maximum Gasteiger partial charge on any atom is 0.164 e. The molecule has 3 aliphatic rings. The van der Waals surface area contributed by atoms with Crippen LogP contribution in [0.1, 0.15) is 37.3 Å². The first-order chi connectivity index (χ1) is 15.3. The molecule has 0 spiro atoms. The van der Waals surface area contributed by atoms with Gasteiger partial charge in [-0.05, 0) is 49.6 Å². The second-order valence-electron chi connectivity index (χ2n) is 8.69. The predicted octanol–water partition coefficient (Wildman–Crippen LogP) is 5.12. The summed E-state index contributed by atoms with van der Waals surface area (Å²) in [5.41, 5.74) is 2.73. The van der Waals surface area contributed by atoms with Crippen LogP contribution < -0.4 is 0 Å². The molecule has 5 heterocycles. The molecule has 2 aromatic heterocycles. The van der Waals surface area contributed by atoms with Crippen molar-refractivity contribution in [2.24, 2.45) is 0 Å². The van der Waals surface area contributed by atoms with Gasteiger partial charge in [-0.15, -0.1) is 0 Å². The summed E-state index contributed by atoms with van der Waals surface area (Å²) in [6.45, 7) is 4.36. The molecule has 32 heavy (non-hydrogen) atoms. The molecule has 0 amide bonds. The summed E-state index contributed by atoms with van der Waals surface area (Å²) in [7, 11) is 0. The lowest BCUT2D eigenvalue weighted by Gasteiger charge is -2.33. The summed E-state index contributed by atoms with van der Waals surface area (Å²) in [5, 5.41) is 2.15. The zero-order valence-corrected chi connectivity index (χ0v) is 19.6. The highest BCUT2D eigenvalue weighted by Gasteiger charge is 2.58. The number of aromatic nitrogens is 3. The number of nitrogens with zero attached hydrogens (tertiary/aromatic N) is 3. The van der Waals surface area contributed by atoms with E-state index in [0.29, 0.717) is 27.5 Å². The molecule has 6 rings (SSSR count). The number of hydrogen-bond donors (Lipinski definition) is 0. The molecule has 168 valence electrons. The zero-order valence-electron chi connectivity index (χ0n) is 17.3. The summed E-state index contributed by atoms with van der Waals surface area (Å²) in [6, 6.07) is 5.65. The average Bonchev–Trinajstić information content (AvgIpc) is 3.40. The highest BCUT2D eigenvalue weighted by molar-refractivity contribution is 6.42. The normalized spacial score (nSPS) is 31.1. The van der Waals surface area contributed by atoms with E-state index in [9.17, 15) is 0 Å². The van der Waals surface area contributed by atoms with Crippen LogP contribution >= 0.6 is 34.8 Å². The molecule has 0 aliphatic carbocycles. The van der Waals surface area contributed by atoms with Crippen LogP contribution in [0.5, 0.6) is 0 Å². The van der Waals surface area contributed by atoms with Gasteiger partial charge in [-0.25, -0.2) is 9.97 Å². The molecule has 2 fully saturated rings. The SMILES string of the molecule is CC1(C)O[C@@H]2[C@H]([C@@H]3OCCc4cc(Cl)c(Cl)cc43)O[C@@H](n3ccc4c(Cl)ncnc43)[C@@H]2O1. The fraction of sp³-hybridized carbons (Fsp3) is 0.455. The van der Waals surface area contributed by atoms with Gasteiger partial charge in [-0.2, -0.15) is 0 Å². The van der Waals surface area contributed by atoms with Gasteiger partial charge in [0.15, 0.2) is 12.0 Å². The Hall–Kier alpha value is -1.45. The third-order valence-corrected chi connectivity index (χ3v) is 7.28. The van der Waals surface area contributed by atoms with Crippen LogP contribution in [0.2, 0.25) is 15.2 Å². The molecule has 7 nitrogen and oxygen atoms in total. The summed E-state index contributed by atoms with van der Waals surface area (Å²) in [6.07, 6.45) is 2.09. The fourth-order valence-electron chi connectivity index (χ4n) is 4.96. The Kier molecular flexibility index (Phi) is 4.97. The van der Waals surface area contributed by atoms with Gasteiger partial charge in [0.25, 0.3) is 0 Å². The third-order valence-electron chi connectivity index (χ3n) is 6.26. The quantitative estimate of drug-likeness (QED) is 0.459. The third kappa shape index (κ3) is 3.26. The number of hydrogen-bond acceptors (Lipinski definition) is 6. The maximum absolute atomic E-state index is 6.59. The lowest BCUT2D eigenvalue weighted by atomic mass is 9.92. The molecule has 0 bridgehead atoms. The van der Waals surface area contributed by atoms with Crippen LogP contribution in [0.25, 0.3) is 11.0 Å². The van der Waals surface area contributed by atoms with Crippen molar-refractivity contribution in [3.63, 3.8) is 0 Å². The Bertz CT molecular complexity index is 1220. The van der Waals surface area contributed by atoms with Crippen molar-refractivity contribution in [2.75, 3.05) is 6.61 Å². The molecule has 0 saturated carbocycles. The van der Waals surface area contributed by atoms with E-state index in [1.54, 1.807) is 0 Å². The highest BCUT2D eigenvalue weighted by atomic mass is 35.5. The van der Waals surface area contributed by atoms with Gasteiger partial charge in [0.1, 0.15) is 41.5 Å². The van der Waals surface area contributed by atoms with Crippen molar-refractivity contribution in [2.45, 2.75) is 56.7 Å². The van der Waals surface area contributed by atoms with Crippen molar-refractivity contribution in [3.8, 4) is 0 Å². The molecule has 5 atom stereocenters. The van der Waals surface area contributed by atoms with Crippen LogP contribution in [-0.4, -0.2) is 45.2 Å². The highest BCUT2D eigenvalue weighted by Crippen LogP contribution is 2.49. The van der Waals surface area contributed by atoms with E-state index in [2.05, 4.69) is 9.97 Å². The van der Waals surface area contributed by atoms with Crippen LogP contribution in [0.3, 0.4) is 0 Å². The summed E-state index contributed by atoms with van der Waals surface area (Å²) in [4.78, 5) is 8.49. The Balaban J connectivity index is 1.43. The topological polar surface area (TPSA) is 67.6 Å². The number of rotatable bonds is 2. The largest absolute Gasteiger partial charge is 0.370 e. The Morgan fingerprint density at radius 1 is 1.03 bits per heavy atom. The molecule has 3 aromatic rings. The van der Waals surface area contributed by atoms with Crippen molar-refractivity contribution in [1.82, 2.24) is 14.5 Å². The number of ether oxygens (including phenoxy) is 4. The predicted molar refractivity (Wildman–Crippen MR) is 119 cm³/mol. The van der Waals surface area contributed by atoms with E-state index in [4.69, 9.17) is 53.8 Å². The van der Waals surface area contributed by atoms with E-state index in [1.807, 2.05) is 42.8 Å². The first kappa shape index (κ1) is 21.1. The Morgan fingerprint density at radius 3 is 2.66 bits per heavy atom. The number of fused-ring (bicyclic) bond motifs is 3. The zero-order chi connectivity index (χ0) is 22.2. The maximum atomic E-state index is 6.59. The summed E-state index contributed by atoms with van der Waals surface area (Å²) < 4.78 is 27.3. The van der Waals surface area contributed by atoms with Gasteiger partial charge in [-0.3, -0.25) is 0 Å². The van der Waals surface area contributed by atoms with Gasteiger partial charge < -0.3 is 23.5 Å². The molecular weight excluding hydrogens is 477 g/mol. The van der Waals surface area contributed by atoms with E-state index in [-0.39, 0.29) is 18.3 Å². The van der Waals surface area contributed by atoms with Crippen molar-refractivity contribution in [3.05, 3.63) is 57.0 Å². The second-order valence-corrected chi connectivity index (χ2v) is 9.86. The van der Waals surface area contributed by atoms with Crippen LogP contribution in [0, 0.1) is 0 Å². The summed E-state index contributed by atoms with van der Waals surface area (Å²) >= 11 is 18.9. The standard InChI is InChI=1S/C22H20Cl3N3O4/c1-22(2)31-17-16(15-12-8-14(24)13(23)7-10(12)4-6-29-15)30-21(18(17)32-22)28-5-3-11-19(25)26-9-27-20(11)28/h3,5,7-9,15-18,21H,4,6H2,1-2H3/t15-,16+,17-,18-,21-/m1/s1. The Labute approximate surface area is 199 Å². The van der Waals surface area contributed by atoms with E-state index in [0.717, 1.165) is 22.9 Å². The molecule has 2 saturated heterocycles. The average molecular weight is 497 g/mol. The minimum absolute atomic E-state index is 0.352. The van der Waals surface area contributed by atoms with Gasteiger partial charge >= 0.3 is 0 Å². The van der Waals surface area contributed by atoms with Gasteiger partial charge in [0, 0.05) is 6.20 Å². The molecule has 10 heteroatoms. The Morgan fingerprint density at radius 2 is 1.81 bits per heavy atom. The van der Waals surface area contributed by atoms with Gasteiger partial charge in [-0.1, -0.05) is 34.8 Å². The van der Waals surface area contributed by atoms with Crippen LogP contribution in [-0.2, 0) is 25.4 Å². The van der Waals surface area contributed by atoms with E-state index in [1.165, 1.54) is 6.33 Å².